The summed E-state index contributed by atoms with van der Waals surface area (Å²) in [7, 11) is 1.52. The van der Waals surface area contributed by atoms with Gasteiger partial charge < -0.3 is 15.0 Å². The van der Waals surface area contributed by atoms with E-state index in [1.807, 2.05) is 0 Å². The van der Waals surface area contributed by atoms with Crippen molar-refractivity contribution in [1.29, 1.82) is 0 Å². The zero-order valence-electron chi connectivity index (χ0n) is 9.56. The molecule has 1 aromatic carbocycles. The lowest BCUT2D eigenvalue weighted by Crippen LogP contribution is -2.16. The second-order valence-corrected chi connectivity index (χ2v) is 4.05. The van der Waals surface area contributed by atoms with Crippen LogP contribution in [0.1, 0.15) is 11.9 Å². The molecule has 2 N–H and O–H groups in total. The fourth-order valence-electron chi connectivity index (χ4n) is 1.39. The van der Waals surface area contributed by atoms with Gasteiger partial charge in [-0.25, -0.2) is 4.39 Å². The molecule has 0 radical (unpaired) electrons. The molecule has 1 aromatic heterocycles. The molecule has 0 aliphatic carbocycles. The molecular weight excluding hydrogens is 261 g/mol. The van der Waals surface area contributed by atoms with Crippen molar-refractivity contribution in [2.75, 3.05) is 13.7 Å². The Bertz CT molecular complexity index is 547. The number of ether oxygens (including phenoxy) is 1. The molecule has 1 unspecified atom stereocenters. The van der Waals surface area contributed by atoms with Gasteiger partial charge in [0.15, 0.2) is 0 Å². The molecule has 1 atom stereocenters. The normalized spacial score (nSPS) is 12.7. The number of halogens is 2. The Hall–Kier alpha value is -1.50. The molecule has 0 spiro atoms. The van der Waals surface area contributed by atoms with Crippen molar-refractivity contribution < 1.29 is 13.7 Å². The topological polar surface area (TPSA) is 74.2 Å². The van der Waals surface area contributed by atoms with Crippen molar-refractivity contribution in [1.82, 2.24) is 10.1 Å². The zero-order valence-corrected chi connectivity index (χ0v) is 10.3. The fourth-order valence-corrected chi connectivity index (χ4v) is 1.57. The van der Waals surface area contributed by atoms with Gasteiger partial charge in [0.05, 0.1) is 11.6 Å². The Labute approximate surface area is 108 Å². The number of nitrogens with two attached hydrogens (primary N) is 1. The van der Waals surface area contributed by atoms with E-state index >= 15 is 0 Å². The molecule has 0 saturated carbocycles. The number of hydrogen-bond acceptors (Lipinski definition) is 5. The molecule has 0 saturated heterocycles. The lowest BCUT2D eigenvalue weighted by molar-refractivity contribution is 0.166. The minimum absolute atomic E-state index is 0.0000370. The number of hydrogen-bond donors (Lipinski definition) is 1. The maximum atomic E-state index is 13.0. The summed E-state index contributed by atoms with van der Waals surface area (Å²) in [6, 6.07) is 3.68. The molecule has 0 amide bonds. The third-order valence-corrected chi connectivity index (χ3v) is 2.57. The van der Waals surface area contributed by atoms with E-state index in [1.54, 1.807) is 0 Å². The van der Waals surface area contributed by atoms with Gasteiger partial charge in [0, 0.05) is 12.7 Å². The predicted octanol–water partition coefficient (Wildman–Crippen LogP) is 2.18. The molecule has 1 heterocycles. The van der Waals surface area contributed by atoms with Gasteiger partial charge in [0.1, 0.15) is 11.9 Å². The predicted molar refractivity (Wildman–Crippen MR) is 63.5 cm³/mol. The van der Waals surface area contributed by atoms with Crippen molar-refractivity contribution in [3.63, 3.8) is 0 Å². The highest BCUT2D eigenvalue weighted by atomic mass is 35.5. The molecule has 5 nitrogen and oxygen atoms in total. The Morgan fingerprint density at radius 2 is 2.33 bits per heavy atom. The molecule has 18 heavy (non-hydrogen) atoms. The molecule has 0 fully saturated rings. The van der Waals surface area contributed by atoms with Crippen molar-refractivity contribution in [3.05, 3.63) is 34.9 Å². The van der Waals surface area contributed by atoms with Gasteiger partial charge in [-0.3, -0.25) is 0 Å². The van der Waals surface area contributed by atoms with Crippen LogP contribution >= 0.6 is 11.6 Å². The minimum Gasteiger partial charge on any atom is -0.383 e. The van der Waals surface area contributed by atoms with Gasteiger partial charge in [0.25, 0.3) is 0 Å². The first-order chi connectivity index (χ1) is 8.61. The van der Waals surface area contributed by atoms with Gasteiger partial charge in [0.2, 0.25) is 11.7 Å². The number of benzene rings is 1. The monoisotopic (exact) mass is 271 g/mol. The summed E-state index contributed by atoms with van der Waals surface area (Å²) in [5.41, 5.74) is 6.30. The number of methoxy groups -OCH3 is 1. The van der Waals surface area contributed by atoms with Crippen LogP contribution in [0.5, 0.6) is 0 Å². The van der Waals surface area contributed by atoms with E-state index in [4.69, 9.17) is 26.6 Å². The van der Waals surface area contributed by atoms with Crippen molar-refractivity contribution in [2.45, 2.75) is 6.04 Å². The van der Waals surface area contributed by atoms with Gasteiger partial charge in [-0.15, -0.1) is 0 Å². The second kappa shape index (κ2) is 5.43. The molecule has 0 aliphatic rings. The average Bonchev–Trinajstić information content (AvgIpc) is 2.82. The number of rotatable bonds is 4. The third kappa shape index (κ3) is 2.66. The van der Waals surface area contributed by atoms with Crippen LogP contribution in [0.2, 0.25) is 5.02 Å². The smallest absolute Gasteiger partial charge is 0.246 e. The van der Waals surface area contributed by atoms with Crippen LogP contribution < -0.4 is 5.73 Å². The van der Waals surface area contributed by atoms with E-state index < -0.39 is 11.9 Å². The molecule has 7 heteroatoms. The van der Waals surface area contributed by atoms with E-state index in [1.165, 1.54) is 25.3 Å². The molecular formula is C11H11ClFN3O2. The maximum absolute atomic E-state index is 13.0. The van der Waals surface area contributed by atoms with E-state index in [-0.39, 0.29) is 17.5 Å². The summed E-state index contributed by atoms with van der Waals surface area (Å²) in [5, 5.41) is 3.76. The van der Waals surface area contributed by atoms with Crippen LogP contribution in [0.15, 0.2) is 22.7 Å². The molecule has 0 aliphatic heterocycles. The fraction of sp³-hybridized carbons (Fsp3) is 0.273. The van der Waals surface area contributed by atoms with Crippen LogP contribution in [-0.4, -0.2) is 23.9 Å². The summed E-state index contributed by atoms with van der Waals surface area (Å²) >= 11 is 5.68. The molecule has 2 aromatic rings. The average molecular weight is 272 g/mol. The van der Waals surface area contributed by atoms with Gasteiger partial charge in [-0.2, -0.15) is 4.98 Å². The lowest BCUT2D eigenvalue weighted by atomic mass is 10.2. The maximum Gasteiger partial charge on any atom is 0.246 e. The summed E-state index contributed by atoms with van der Waals surface area (Å²) in [4.78, 5) is 4.11. The van der Waals surface area contributed by atoms with Crippen LogP contribution in [0.3, 0.4) is 0 Å². The van der Waals surface area contributed by atoms with E-state index in [2.05, 4.69) is 10.1 Å². The van der Waals surface area contributed by atoms with Crippen LogP contribution in [0.25, 0.3) is 11.4 Å². The number of aromatic nitrogens is 2. The van der Waals surface area contributed by atoms with Crippen molar-refractivity contribution >= 4 is 11.6 Å². The van der Waals surface area contributed by atoms with Crippen LogP contribution in [0.4, 0.5) is 4.39 Å². The first-order valence-electron chi connectivity index (χ1n) is 5.15. The van der Waals surface area contributed by atoms with E-state index in [0.717, 1.165) is 0 Å². The summed E-state index contributed by atoms with van der Waals surface area (Å²) in [5.74, 6) is 0.0611. The quantitative estimate of drug-likeness (QED) is 0.922. The van der Waals surface area contributed by atoms with E-state index in [9.17, 15) is 4.39 Å². The first-order valence-corrected chi connectivity index (χ1v) is 5.53. The number of nitrogens with zero attached hydrogens (tertiary/aromatic N) is 2. The Balaban J connectivity index is 2.26. The highest BCUT2D eigenvalue weighted by Crippen LogP contribution is 2.23. The molecule has 96 valence electrons. The highest BCUT2D eigenvalue weighted by Gasteiger charge is 2.16. The van der Waals surface area contributed by atoms with Crippen molar-refractivity contribution in [3.8, 4) is 11.4 Å². The minimum atomic E-state index is -0.500. The highest BCUT2D eigenvalue weighted by molar-refractivity contribution is 6.31. The Kier molecular flexibility index (Phi) is 3.90. The Morgan fingerprint density at radius 3 is 3.00 bits per heavy atom. The molecule has 2 rings (SSSR count). The zero-order chi connectivity index (χ0) is 13.1. The third-order valence-electron chi connectivity index (χ3n) is 2.28. The standard InChI is InChI=1S/C11H11ClFN3O2/c1-17-5-9(14)11-15-10(16-18-11)6-2-3-8(13)7(12)4-6/h2-4,9H,5,14H2,1H3. The summed E-state index contributed by atoms with van der Waals surface area (Å²) < 4.78 is 22.9. The van der Waals surface area contributed by atoms with Gasteiger partial charge in [-0.1, -0.05) is 16.8 Å². The second-order valence-electron chi connectivity index (χ2n) is 3.65. The van der Waals surface area contributed by atoms with Crippen LogP contribution in [0, 0.1) is 5.82 Å². The largest absolute Gasteiger partial charge is 0.383 e. The summed E-state index contributed by atoms with van der Waals surface area (Å²) in [6.07, 6.45) is 0. The van der Waals surface area contributed by atoms with Crippen molar-refractivity contribution in [2.24, 2.45) is 5.73 Å². The summed E-state index contributed by atoms with van der Waals surface area (Å²) in [6.45, 7) is 0.270. The SMILES string of the molecule is COCC(N)c1nc(-c2ccc(F)c(Cl)c2)no1. The lowest BCUT2D eigenvalue weighted by Gasteiger charge is -2.02. The van der Waals surface area contributed by atoms with Crippen LogP contribution in [-0.2, 0) is 4.74 Å². The first kappa shape index (κ1) is 12.9. The van der Waals surface area contributed by atoms with Gasteiger partial charge >= 0.3 is 0 Å². The van der Waals surface area contributed by atoms with E-state index in [0.29, 0.717) is 11.4 Å². The molecule has 0 bridgehead atoms. The Morgan fingerprint density at radius 1 is 1.56 bits per heavy atom. The van der Waals surface area contributed by atoms with Gasteiger partial charge in [-0.05, 0) is 18.2 Å².